The molecule has 1 aromatic rings. The van der Waals surface area contributed by atoms with E-state index >= 15 is 0 Å². The van der Waals surface area contributed by atoms with E-state index < -0.39 is 10.0 Å². The van der Waals surface area contributed by atoms with Crippen LogP contribution in [0.3, 0.4) is 0 Å². The molecule has 0 saturated carbocycles. The van der Waals surface area contributed by atoms with Crippen LogP contribution in [0.4, 0.5) is 4.79 Å². The van der Waals surface area contributed by atoms with Crippen LogP contribution in [0.2, 0.25) is 0 Å². The van der Waals surface area contributed by atoms with Crippen molar-refractivity contribution in [1.29, 1.82) is 0 Å². The molecule has 2 amide bonds. The second kappa shape index (κ2) is 7.94. The zero-order valence-corrected chi connectivity index (χ0v) is 14.4. The van der Waals surface area contributed by atoms with Crippen molar-refractivity contribution in [2.24, 2.45) is 0 Å². The van der Waals surface area contributed by atoms with Crippen LogP contribution in [0.5, 0.6) is 0 Å². The van der Waals surface area contributed by atoms with Crippen LogP contribution in [-0.2, 0) is 10.0 Å². The Morgan fingerprint density at radius 2 is 2.27 bits per heavy atom. The SMILES string of the molecule is CCS(=O)(=O)NCCCNC(=O)N1CCC[C@H]1c1ccsc1. The van der Waals surface area contributed by atoms with Gasteiger partial charge in [-0.2, -0.15) is 11.3 Å². The van der Waals surface area contributed by atoms with Gasteiger partial charge < -0.3 is 10.2 Å². The first-order chi connectivity index (χ1) is 10.5. The van der Waals surface area contributed by atoms with Crippen molar-refractivity contribution >= 4 is 27.4 Å². The molecule has 0 unspecified atom stereocenters. The first-order valence-electron chi connectivity index (χ1n) is 7.57. The van der Waals surface area contributed by atoms with Gasteiger partial charge >= 0.3 is 6.03 Å². The quantitative estimate of drug-likeness (QED) is 0.741. The van der Waals surface area contributed by atoms with E-state index in [-0.39, 0.29) is 17.8 Å². The number of nitrogens with one attached hydrogen (secondary N) is 2. The van der Waals surface area contributed by atoms with Crippen LogP contribution in [0.15, 0.2) is 16.8 Å². The second-order valence-electron chi connectivity index (χ2n) is 5.29. The summed E-state index contributed by atoms with van der Waals surface area (Å²) in [6, 6.07) is 2.18. The van der Waals surface area contributed by atoms with Gasteiger partial charge in [0, 0.05) is 19.6 Å². The van der Waals surface area contributed by atoms with Crippen molar-refractivity contribution in [1.82, 2.24) is 14.9 Å². The van der Waals surface area contributed by atoms with E-state index in [1.807, 2.05) is 10.3 Å². The molecule has 0 bridgehead atoms. The standard InChI is InChI=1S/C14H23N3O3S2/c1-2-22(19,20)16-8-4-7-15-14(18)17-9-3-5-13(17)12-6-10-21-11-12/h6,10-11,13,16H,2-5,7-9H2,1H3,(H,15,18)/t13-/m0/s1. The molecular formula is C14H23N3O3S2. The van der Waals surface area contributed by atoms with Crippen LogP contribution in [0.25, 0.3) is 0 Å². The van der Waals surface area contributed by atoms with Gasteiger partial charge in [0.2, 0.25) is 10.0 Å². The summed E-state index contributed by atoms with van der Waals surface area (Å²) in [4.78, 5) is 14.1. The van der Waals surface area contributed by atoms with Crippen LogP contribution in [0.1, 0.15) is 37.8 Å². The summed E-state index contributed by atoms with van der Waals surface area (Å²) in [5.74, 6) is 0.0788. The van der Waals surface area contributed by atoms with Gasteiger partial charge in [0.15, 0.2) is 0 Å². The fourth-order valence-corrected chi connectivity index (χ4v) is 3.90. The third-order valence-corrected chi connectivity index (χ3v) is 5.88. The van der Waals surface area contributed by atoms with Gasteiger partial charge in [-0.05, 0) is 48.6 Å². The van der Waals surface area contributed by atoms with Gasteiger partial charge in [-0.3, -0.25) is 0 Å². The molecule has 0 radical (unpaired) electrons. The molecular weight excluding hydrogens is 322 g/mol. The second-order valence-corrected chi connectivity index (χ2v) is 8.17. The highest BCUT2D eigenvalue weighted by Crippen LogP contribution is 2.32. The Labute approximate surface area is 135 Å². The maximum atomic E-state index is 12.2. The van der Waals surface area contributed by atoms with E-state index in [1.165, 1.54) is 5.56 Å². The largest absolute Gasteiger partial charge is 0.338 e. The molecule has 8 heteroatoms. The topological polar surface area (TPSA) is 78.5 Å². The number of carbonyl (C=O) groups excluding carboxylic acids is 1. The maximum absolute atomic E-state index is 12.2. The highest BCUT2D eigenvalue weighted by atomic mass is 32.2. The molecule has 1 aliphatic rings. The third-order valence-electron chi connectivity index (χ3n) is 3.77. The fourth-order valence-electron chi connectivity index (χ4n) is 2.54. The summed E-state index contributed by atoms with van der Waals surface area (Å²) in [7, 11) is -3.15. The van der Waals surface area contributed by atoms with E-state index in [2.05, 4.69) is 21.5 Å². The van der Waals surface area contributed by atoms with Crippen LogP contribution >= 0.6 is 11.3 Å². The molecule has 1 aromatic heterocycles. The van der Waals surface area contributed by atoms with Crippen molar-refractivity contribution < 1.29 is 13.2 Å². The van der Waals surface area contributed by atoms with E-state index in [0.717, 1.165) is 19.4 Å². The average Bonchev–Trinajstić information content (AvgIpc) is 3.17. The summed E-state index contributed by atoms with van der Waals surface area (Å²) in [6.45, 7) is 3.19. The first kappa shape index (κ1) is 17.2. The molecule has 1 saturated heterocycles. The van der Waals surface area contributed by atoms with Crippen molar-refractivity contribution in [3.63, 3.8) is 0 Å². The van der Waals surface area contributed by atoms with Gasteiger partial charge in [0.25, 0.3) is 0 Å². The number of thiophene rings is 1. The normalized spacial score (nSPS) is 18.6. The van der Waals surface area contributed by atoms with Gasteiger partial charge in [0.05, 0.1) is 11.8 Å². The van der Waals surface area contributed by atoms with E-state index in [4.69, 9.17) is 0 Å². The molecule has 0 aromatic carbocycles. The molecule has 22 heavy (non-hydrogen) atoms. The number of hydrogen-bond acceptors (Lipinski definition) is 4. The molecule has 124 valence electrons. The zero-order chi connectivity index (χ0) is 16.0. The van der Waals surface area contributed by atoms with Gasteiger partial charge in [-0.1, -0.05) is 0 Å². The van der Waals surface area contributed by atoms with Crippen LogP contribution < -0.4 is 10.0 Å². The summed E-state index contributed by atoms with van der Waals surface area (Å²) in [6.07, 6.45) is 2.60. The molecule has 0 aliphatic carbocycles. The number of hydrogen-bond donors (Lipinski definition) is 2. The van der Waals surface area contributed by atoms with E-state index in [1.54, 1.807) is 18.3 Å². The number of amides is 2. The Morgan fingerprint density at radius 3 is 2.95 bits per heavy atom. The average molecular weight is 345 g/mol. The zero-order valence-electron chi connectivity index (χ0n) is 12.7. The van der Waals surface area contributed by atoms with Gasteiger partial charge in [-0.25, -0.2) is 17.9 Å². The lowest BCUT2D eigenvalue weighted by atomic mass is 10.1. The van der Waals surface area contributed by atoms with Crippen molar-refractivity contribution in [3.05, 3.63) is 22.4 Å². The summed E-state index contributed by atoms with van der Waals surface area (Å²) in [5, 5.41) is 7.00. The molecule has 2 heterocycles. The summed E-state index contributed by atoms with van der Waals surface area (Å²) in [5.41, 5.74) is 1.20. The van der Waals surface area contributed by atoms with Crippen LogP contribution in [-0.4, -0.2) is 44.7 Å². The smallest absolute Gasteiger partial charge is 0.317 e. The number of likely N-dealkylation sites (tertiary alicyclic amines) is 1. The summed E-state index contributed by atoms with van der Waals surface area (Å²) >= 11 is 1.65. The lowest BCUT2D eigenvalue weighted by Crippen LogP contribution is -2.40. The minimum atomic E-state index is -3.15. The predicted octanol–water partition coefficient (Wildman–Crippen LogP) is 1.92. The lowest BCUT2D eigenvalue weighted by Gasteiger charge is -2.24. The van der Waals surface area contributed by atoms with Crippen molar-refractivity contribution in [2.75, 3.05) is 25.4 Å². The molecule has 1 fully saturated rings. The minimum absolute atomic E-state index is 0.0629. The first-order valence-corrected chi connectivity index (χ1v) is 10.2. The number of sulfonamides is 1. The lowest BCUT2D eigenvalue weighted by molar-refractivity contribution is 0.193. The molecule has 1 atom stereocenters. The summed E-state index contributed by atoms with van der Waals surface area (Å²) < 4.78 is 25.0. The maximum Gasteiger partial charge on any atom is 0.317 e. The Bertz CT molecular complexity index is 572. The number of urea groups is 1. The molecule has 2 rings (SSSR count). The Hall–Kier alpha value is -1.12. The molecule has 6 nitrogen and oxygen atoms in total. The number of rotatable bonds is 7. The minimum Gasteiger partial charge on any atom is -0.338 e. The fraction of sp³-hybridized carbons (Fsp3) is 0.643. The Morgan fingerprint density at radius 1 is 1.45 bits per heavy atom. The Balaban J connectivity index is 1.73. The van der Waals surface area contributed by atoms with E-state index in [9.17, 15) is 13.2 Å². The van der Waals surface area contributed by atoms with Crippen molar-refractivity contribution in [2.45, 2.75) is 32.2 Å². The van der Waals surface area contributed by atoms with Crippen molar-refractivity contribution in [3.8, 4) is 0 Å². The third kappa shape index (κ3) is 4.69. The van der Waals surface area contributed by atoms with Gasteiger partial charge in [0.1, 0.15) is 0 Å². The monoisotopic (exact) mass is 345 g/mol. The van der Waals surface area contributed by atoms with E-state index in [0.29, 0.717) is 19.5 Å². The highest BCUT2D eigenvalue weighted by Gasteiger charge is 2.29. The Kier molecular flexibility index (Phi) is 6.22. The number of carbonyl (C=O) groups is 1. The van der Waals surface area contributed by atoms with Crippen LogP contribution in [0, 0.1) is 0 Å². The van der Waals surface area contributed by atoms with Gasteiger partial charge in [-0.15, -0.1) is 0 Å². The molecule has 2 N–H and O–H groups in total. The molecule has 0 spiro atoms. The predicted molar refractivity (Wildman–Crippen MR) is 88.5 cm³/mol. The molecule has 1 aliphatic heterocycles. The highest BCUT2D eigenvalue weighted by molar-refractivity contribution is 7.89. The number of nitrogens with zero attached hydrogens (tertiary/aromatic N) is 1.